The van der Waals surface area contributed by atoms with Crippen molar-refractivity contribution >= 4 is 35.4 Å². The fourth-order valence-electron chi connectivity index (χ4n) is 6.25. The summed E-state index contributed by atoms with van der Waals surface area (Å²) in [5.41, 5.74) is 0.945. The minimum Gasteiger partial charge on any atom is -0.391 e. The van der Waals surface area contributed by atoms with Crippen LogP contribution in [-0.4, -0.2) is 91.4 Å². The number of aliphatic hydroxyl groups excluding tert-OH is 1. The molecule has 0 saturated carbocycles. The number of carbonyl (C=O) groups is 4. The molecule has 1 aliphatic heterocycles. The van der Waals surface area contributed by atoms with E-state index in [2.05, 4.69) is 46.2 Å². The Morgan fingerprint density at radius 2 is 1.90 bits per heavy atom. The van der Waals surface area contributed by atoms with Crippen molar-refractivity contribution in [2.75, 3.05) is 18.6 Å². The lowest BCUT2D eigenvalue weighted by molar-refractivity contribution is -0.135. The van der Waals surface area contributed by atoms with Crippen molar-refractivity contribution in [1.82, 2.24) is 35.8 Å². The highest BCUT2D eigenvalue weighted by Gasteiger charge is 2.39. The Labute approximate surface area is 283 Å². The number of aryl methyl sites for hydroxylation is 1. The van der Waals surface area contributed by atoms with Gasteiger partial charge < -0.3 is 26.0 Å². The molecule has 15 heteroatoms. The van der Waals surface area contributed by atoms with Crippen LogP contribution in [0.2, 0.25) is 0 Å². The van der Waals surface area contributed by atoms with Crippen LogP contribution < -0.4 is 16.0 Å². The third-order valence-electron chi connectivity index (χ3n) is 9.45. The molecule has 2 aliphatic rings. The SMILES string of the molecule is CSCC[C@@H]1NC(=O)[C@H]([C@@H](C)O)NC(=O)[C@H](C)N(C(=O)c2cccc(F)c2F)CC[C@H]2CC=C(CCn3cc(nn3)CNC1=O)C2(C)C. The van der Waals surface area contributed by atoms with Gasteiger partial charge in [0.2, 0.25) is 17.7 Å². The van der Waals surface area contributed by atoms with E-state index in [9.17, 15) is 33.1 Å². The molecule has 1 aromatic heterocycles. The normalized spacial score (nSPS) is 24.9. The van der Waals surface area contributed by atoms with E-state index in [1.165, 1.54) is 42.1 Å². The van der Waals surface area contributed by atoms with Gasteiger partial charge >= 0.3 is 0 Å². The van der Waals surface area contributed by atoms with E-state index in [1.807, 2.05) is 6.26 Å². The summed E-state index contributed by atoms with van der Waals surface area (Å²) in [7, 11) is 0. The minimum atomic E-state index is -1.48. The lowest BCUT2D eigenvalue weighted by atomic mass is 9.74. The number of nitrogens with one attached hydrogen (secondary N) is 3. The molecule has 0 unspecified atom stereocenters. The Bertz CT molecular complexity index is 1530. The molecule has 2 aromatic rings. The maximum Gasteiger partial charge on any atom is 0.257 e. The zero-order valence-corrected chi connectivity index (χ0v) is 28.8. The molecular weight excluding hydrogens is 644 g/mol. The lowest BCUT2D eigenvalue weighted by Crippen LogP contribution is -2.60. The molecule has 4 bridgehead atoms. The first-order chi connectivity index (χ1) is 22.7. The maximum absolute atomic E-state index is 14.9. The maximum atomic E-state index is 14.9. The Morgan fingerprint density at radius 1 is 1.15 bits per heavy atom. The third kappa shape index (κ3) is 8.59. The van der Waals surface area contributed by atoms with E-state index in [1.54, 1.807) is 10.9 Å². The van der Waals surface area contributed by atoms with Crippen LogP contribution in [0.15, 0.2) is 36.0 Å². The van der Waals surface area contributed by atoms with Crippen LogP contribution in [0.3, 0.4) is 0 Å². The summed E-state index contributed by atoms with van der Waals surface area (Å²) in [5, 5.41) is 26.9. The van der Waals surface area contributed by atoms with Gasteiger partial charge in [-0.15, -0.1) is 5.10 Å². The average Bonchev–Trinajstić information content (AvgIpc) is 3.62. The number of hydrogen-bond acceptors (Lipinski definition) is 8. The predicted molar refractivity (Wildman–Crippen MR) is 176 cm³/mol. The summed E-state index contributed by atoms with van der Waals surface area (Å²) in [5.74, 6) is -4.86. The molecule has 12 nitrogen and oxygen atoms in total. The van der Waals surface area contributed by atoms with E-state index in [-0.39, 0.29) is 30.8 Å². The van der Waals surface area contributed by atoms with Crippen molar-refractivity contribution in [2.24, 2.45) is 11.3 Å². The lowest BCUT2D eigenvalue weighted by Gasteiger charge is -2.35. The Morgan fingerprint density at radius 3 is 2.60 bits per heavy atom. The van der Waals surface area contributed by atoms with Crippen LogP contribution in [0.4, 0.5) is 8.78 Å². The smallest absolute Gasteiger partial charge is 0.257 e. The van der Waals surface area contributed by atoms with Crippen molar-refractivity contribution in [1.29, 1.82) is 0 Å². The Hall–Kier alpha value is -3.85. The van der Waals surface area contributed by atoms with Gasteiger partial charge in [-0.1, -0.05) is 36.8 Å². The van der Waals surface area contributed by atoms with Crippen molar-refractivity contribution in [3.8, 4) is 0 Å². The number of carbonyl (C=O) groups excluding carboxylic acids is 4. The van der Waals surface area contributed by atoms with Gasteiger partial charge in [-0.25, -0.2) is 8.78 Å². The molecule has 4 N–H and O–H groups in total. The number of hydrogen-bond donors (Lipinski definition) is 4. The van der Waals surface area contributed by atoms with Gasteiger partial charge in [-0.3, -0.25) is 23.9 Å². The number of aliphatic hydroxyl groups is 1. The van der Waals surface area contributed by atoms with Crippen LogP contribution in [0.25, 0.3) is 0 Å². The molecule has 5 atom stereocenters. The minimum absolute atomic E-state index is 0.0352. The van der Waals surface area contributed by atoms with Crippen LogP contribution in [-0.2, 0) is 27.5 Å². The number of amides is 4. The number of allylic oxidation sites excluding steroid dienone is 2. The monoisotopic (exact) mass is 689 g/mol. The van der Waals surface area contributed by atoms with E-state index < -0.39 is 65.1 Å². The molecule has 0 spiro atoms. The van der Waals surface area contributed by atoms with Gasteiger partial charge in [0.15, 0.2) is 11.6 Å². The fraction of sp³-hybridized carbons (Fsp3) is 0.576. The Balaban J connectivity index is 1.68. The molecule has 1 aromatic carbocycles. The highest BCUT2D eigenvalue weighted by atomic mass is 32.2. The van der Waals surface area contributed by atoms with Gasteiger partial charge in [0.25, 0.3) is 5.91 Å². The van der Waals surface area contributed by atoms with Crippen molar-refractivity contribution < 1.29 is 33.1 Å². The summed E-state index contributed by atoms with van der Waals surface area (Å²) in [6.45, 7) is 7.65. The molecule has 1 aliphatic carbocycles. The standard InChI is InChI=1S/C33H45F2N7O5S/c1-19-29(44)38-28(20(2)43)31(46)37-26(13-16-48-5)30(45)36-17-23-18-41(40-39-23)14-11-21-9-10-22(33(21,3)4)12-15-42(19)32(47)24-7-6-8-25(34)27(24)35/h6-9,18-20,22,26,28,43H,10-17H2,1-5H3,(H,36,45)(H,37,46)(H,38,44)/t19-,20+,22+,26-,28-/m0/s1. The van der Waals surface area contributed by atoms with E-state index >= 15 is 0 Å². The molecule has 0 radical (unpaired) electrons. The van der Waals surface area contributed by atoms with Crippen LogP contribution in [0.1, 0.15) is 69.4 Å². The average molecular weight is 690 g/mol. The Kier molecular flexibility index (Phi) is 12.4. The van der Waals surface area contributed by atoms with Gasteiger partial charge in [-0.2, -0.15) is 11.8 Å². The summed E-state index contributed by atoms with van der Waals surface area (Å²) in [6.07, 6.45) is 6.54. The number of nitrogens with zero attached hydrogens (tertiary/aromatic N) is 4. The number of thioether (sulfide) groups is 1. The van der Waals surface area contributed by atoms with Gasteiger partial charge in [0.1, 0.15) is 23.8 Å². The predicted octanol–water partition coefficient (Wildman–Crippen LogP) is 2.57. The molecule has 2 heterocycles. The third-order valence-corrected chi connectivity index (χ3v) is 10.1. The first-order valence-electron chi connectivity index (χ1n) is 16.1. The number of benzene rings is 1. The fourth-order valence-corrected chi connectivity index (χ4v) is 6.72. The summed E-state index contributed by atoms with van der Waals surface area (Å²) < 4.78 is 30.8. The first kappa shape index (κ1) is 37.0. The molecule has 4 amide bonds. The largest absolute Gasteiger partial charge is 0.391 e. The first-order valence-corrected chi connectivity index (χ1v) is 17.5. The van der Waals surface area contributed by atoms with Crippen molar-refractivity contribution in [3.05, 3.63) is 58.9 Å². The van der Waals surface area contributed by atoms with Crippen LogP contribution in [0.5, 0.6) is 0 Å². The van der Waals surface area contributed by atoms with Crippen molar-refractivity contribution in [2.45, 2.75) is 90.7 Å². The zero-order valence-electron chi connectivity index (χ0n) is 28.0. The summed E-state index contributed by atoms with van der Waals surface area (Å²) in [6, 6.07) is -0.425. The van der Waals surface area contributed by atoms with Gasteiger partial charge in [0, 0.05) is 13.1 Å². The second-order valence-corrected chi connectivity index (χ2v) is 13.9. The number of rotatable bonds is 5. The van der Waals surface area contributed by atoms with Gasteiger partial charge in [0.05, 0.1) is 24.4 Å². The highest BCUT2D eigenvalue weighted by Crippen LogP contribution is 2.46. The highest BCUT2D eigenvalue weighted by molar-refractivity contribution is 7.98. The molecular formula is C33H45F2N7O5S. The van der Waals surface area contributed by atoms with Crippen molar-refractivity contribution in [3.63, 3.8) is 0 Å². The zero-order chi connectivity index (χ0) is 35.2. The molecule has 262 valence electrons. The number of fused-ring (bicyclic) bond motifs is 4. The van der Waals surface area contributed by atoms with E-state index in [0.717, 1.165) is 18.6 Å². The molecule has 0 saturated heterocycles. The quantitative estimate of drug-likeness (QED) is 0.349. The van der Waals surface area contributed by atoms with Crippen LogP contribution in [0, 0.1) is 23.0 Å². The second kappa shape index (κ2) is 16.0. The number of aromatic nitrogens is 3. The molecule has 0 fully saturated rings. The topological polar surface area (TPSA) is 159 Å². The van der Waals surface area contributed by atoms with E-state index in [0.29, 0.717) is 30.8 Å². The second-order valence-electron chi connectivity index (χ2n) is 13.0. The number of halogens is 2. The molecule has 48 heavy (non-hydrogen) atoms. The van der Waals surface area contributed by atoms with E-state index in [4.69, 9.17) is 0 Å². The summed E-state index contributed by atoms with van der Waals surface area (Å²) >= 11 is 1.48. The molecule has 4 rings (SSSR count). The van der Waals surface area contributed by atoms with Gasteiger partial charge in [-0.05, 0) is 75.0 Å². The van der Waals surface area contributed by atoms with Crippen LogP contribution >= 0.6 is 11.8 Å². The summed E-state index contributed by atoms with van der Waals surface area (Å²) in [4.78, 5) is 55.3.